The van der Waals surface area contributed by atoms with Gasteiger partial charge in [-0.15, -0.1) is 0 Å². The van der Waals surface area contributed by atoms with Crippen molar-refractivity contribution >= 4 is 0 Å². The van der Waals surface area contributed by atoms with Gasteiger partial charge in [0.2, 0.25) is 0 Å². The Hall–Kier alpha value is -2.14. The van der Waals surface area contributed by atoms with Crippen LogP contribution in [0, 0.1) is 11.6 Å². The summed E-state index contributed by atoms with van der Waals surface area (Å²) in [5, 5.41) is 3.02. The standard InChI is InChI=1S/C16H17F2NO2/c1-19-9-12-8-13(20-2)6-7-15(12)21-10-11-4-3-5-14(17)16(11)18/h3-8,19H,9-10H2,1-2H3. The molecule has 0 aliphatic heterocycles. The summed E-state index contributed by atoms with van der Waals surface area (Å²) in [6.45, 7) is 0.546. The largest absolute Gasteiger partial charge is 0.497 e. The predicted octanol–water partition coefficient (Wildman–Crippen LogP) is 3.27. The Labute approximate surface area is 122 Å². The van der Waals surface area contributed by atoms with Crippen LogP contribution < -0.4 is 14.8 Å². The highest BCUT2D eigenvalue weighted by molar-refractivity contribution is 5.40. The first-order chi connectivity index (χ1) is 10.2. The van der Waals surface area contributed by atoms with Crippen LogP contribution in [0.1, 0.15) is 11.1 Å². The number of rotatable bonds is 6. The van der Waals surface area contributed by atoms with Crippen LogP contribution in [-0.2, 0) is 13.2 Å². The highest BCUT2D eigenvalue weighted by atomic mass is 19.2. The molecule has 112 valence electrons. The Balaban J connectivity index is 2.17. The average Bonchev–Trinajstić information content (AvgIpc) is 2.50. The van der Waals surface area contributed by atoms with Gasteiger partial charge in [-0.3, -0.25) is 0 Å². The minimum Gasteiger partial charge on any atom is -0.497 e. The molecular weight excluding hydrogens is 276 g/mol. The molecule has 0 bridgehead atoms. The Morgan fingerprint density at radius 1 is 1.10 bits per heavy atom. The Morgan fingerprint density at radius 3 is 2.62 bits per heavy atom. The van der Waals surface area contributed by atoms with Gasteiger partial charge in [-0.05, 0) is 31.3 Å². The molecule has 0 saturated carbocycles. The number of hydrogen-bond donors (Lipinski definition) is 1. The van der Waals surface area contributed by atoms with Crippen LogP contribution in [-0.4, -0.2) is 14.2 Å². The van der Waals surface area contributed by atoms with Crippen LogP contribution in [0.2, 0.25) is 0 Å². The molecule has 0 saturated heterocycles. The second-order valence-corrected chi connectivity index (χ2v) is 4.51. The molecule has 0 heterocycles. The zero-order valence-electron chi connectivity index (χ0n) is 12.0. The fourth-order valence-electron chi connectivity index (χ4n) is 1.97. The van der Waals surface area contributed by atoms with E-state index in [0.717, 1.165) is 11.6 Å². The first-order valence-electron chi connectivity index (χ1n) is 6.53. The third-order valence-electron chi connectivity index (χ3n) is 3.05. The van der Waals surface area contributed by atoms with E-state index in [4.69, 9.17) is 9.47 Å². The quantitative estimate of drug-likeness (QED) is 0.886. The second-order valence-electron chi connectivity index (χ2n) is 4.51. The van der Waals surface area contributed by atoms with Gasteiger partial charge in [0.05, 0.1) is 7.11 Å². The molecule has 0 radical (unpaired) electrons. The van der Waals surface area contributed by atoms with Crippen molar-refractivity contribution < 1.29 is 18.3 Å². The SMILES string of the molecule is CNCc1cc(OC)ccc1OCc1cccc(F)c1F. The van der Waals surface area contributed by atoms with Crippen LogP contribution >= 0.6 is 0 Å². The molecule has 0 aliphatic carbocycles. The molecule has 5 heteroatoms. The summed E-state index contributed by atoms with van der Waals surface area (Å²) in [6, 6.07) is 9.39. The molecule has 0 fully saturated rings. The predicted molar refractivity (Wildman–Crippen MR) is 76.4 cm³/mol. The van der Waals surface area contributed by atoms with Gasteiger partial charge < -0.3 is 14.8 Å². The number of halogens is 2. The van der Waals surface area contributed by atoms with Crippen LogP contribution in [0.25, 0.3) is 0 Å². The van der Waals surface area contributed by atoms with Crippen molar-refractivity contribution in [3.8, 4) is 11.5 Å². The van der Waals surface area contributed by atoms with Gasteiger partial charge in [-0.2, -0.15) is 0 Å². The lowest BCUT2D eigenvalue weighted by atomic mass is 10.1. The third-order valence-corrected chi connectivity index (χ3v) is 3.05. The smallest absolute Gasteiger partial charge is 0.165 e. The van der Waals surface area contributed by atoms with Gasteiger partial charge >= 0.3 is 0 Å². The highest BCUT2D eigenvalue weighted by Crippen LogP contribution is 2.25. The van der Waals surface area contributed by atoms with E-state index in [9.17, 15) is 8.78 Å². The Kier molecular flexibility index (Phi) is 5.11. The number of ether oxygens (including phenoxy) is 2. The number of methoxy groups -OCH3 is 1. The molecule has 2 aromatic carbocycles. The summed E-state index contributed by atoms with van der Waals surface area (Å²) in [5.41, 5.74) is 1.06. The van der Waals surface area contributed by atoms with E-state index in [1.165, 1.54) is 12.1 Å². The lowest BCUT2D eigenvalue weighted by Gasteiger charge is -2.13. The van der Waals surface area contributed by atoms with E-state index in [2.05, 4.69) is 5.32 Å². The van der Waals surface area contributed by atoms with E-state index >= 15 is 0 Å². The minimum absolute atomic E-state index is 0.0351. The Morgan fingerprint density at radius 2 is 1.90 bits per heavy atom. The van der Waals surface area contributed by atoms with Gasteiger partial charge in [0.25, 0.3) is 0 Å². The summed E-state index contributed by atoms with van der Waals surface area (Å²) in [7, 11) is 3.40. The van der Waals surface area contributed by atoms with Crippen molar-refractivity contribution in [2.24, 2.45) is 0 Å². The third kappa shape index (κ3) is 3.70. The maximum atomic E-state index is 13.6. The summed E-state index contributed by atoms with van der Waals surface area (Å²) in [4.78, 5) is 0. The van der Waals surface area contributed by atoms with Crippen LogP contribution in [0.4, 0.5) is 8.78 Å². The van der Waals surface area contributed by atoms with E-state index in [0.29, 0.717) is 18.0 Å². The summed E-state index contributed by atoms with van der Waals surface area (Å²) < 4.78 is 37.5. The number of hydrogen-bond acceptors (Lipinski definition) is 3. The molecular formula is C16H17F2NO2. The molecule has 3 nitrogen and oxygen atoms in total. The van der Waals surface area contributed by atoms with E-state index in [-0.39, 0.29) is 12.2 Å². The van der Waals surface area contributed by atoms with Crippen molar-refractivity contribution in [2.75, 3.05) is 14.2 Å². The number of benzene rings is 2. The van der Waals surface area contributed by atoms with Gasteiger partial charge in [-0.25, -0.2) is 8.78 Å². The molecule has 1 N–H and O–H groups in total. The Bertz CT molecular complexity index is 617. The monoisotopic (exact) mass is 293 g/mol. The molecule has 2 aromatic rings. The van der Waals surface area contributed by atoms with Crippen molar-refractivity contribution in [2.45, 2.75) is 13.2 Å². The van der Waals surface area contributed by atoms with Crippen molar-refractivity contribution in [1.29, 1.82) is 0 Å². The van der Waals surface area contributed by atoms with Gasteiger partial charge in [0.15, 0.2) is 11.6 Å². The molecule has 0 amide bonds. The molecule has 0 unspecified atom stereocenters. The second kappa shape index (κ2) is 7.04. The van der Waals surface area contributed by atoms with Crippen molar-refractivity contribution in [1.82, 2.24) is 5.32 Å². The maximum Gasteiger partial charge on any atom is 0.165 e. The minimum atomic E-state index is -0.874. The normalized spacial score (nSPS) is 10.5. The van der Waals surface area contributed by atoms with Crippen molar-refractivity contribution in [3.05, 3.63) is 59.2 Å². The number of nitrogens with one attached hydrogen (secondary N) is 1. The lowest BCUT2D eigenvalue weighted by molar-refractivity contribution is 0.293. The van der Waals surface area contributed by atoms with E-state index in [1.54, 1.807) is 19.2 Å². The zero-order chi connectivity index (χ0) is 15.2. The first-order valence-corrected chi connectivity index (χ1v) is 6.53. The van der Waals surface area contributed by atoms with E-state index in [1.807, 2.05) is 13.1 Å². The highest BCUT2D eigenvalue weighted by Gasteiger charge is 2.10. The summed E-state index contributed by atoms with van der Waals surface area (Å²) in [5.74, 6) is -0.430. The molecule has 0 aromatic heterocycles. The van der Waals surface area contributed by atoms with Crippen LogP contribution in [0.15, 0.2) is 36.4 Å². The van der Waals surface area contributed by atoms with Gasteiger partial charge in [0, 0.05) is 17.7 Å². The fraction of sp³-hybridized carbons (Fsp3) is 0.250. The average molecular weight is 293 g/mol. The molecule has 21 heavy (non-hydrogen) atoms. The maximum absolute atomic E-state index is 13.6. The molecule has 0 atom stereocenters. The first kappa shape index (κ1) is 15.3. The molecule has 2 rings (SSSR count). The molecule has 0 aliphatic rings. The summed E-state index contributed by atoms with van der Waals surface area (Å²) in [6.07, 6.45) is 0. The lowest BCUT2D eigenvalue weighted by Crippen LogP contribution is -2.08. The van der Waals surface area contributed by atoms with Gasteiger partial charge in [0.1, 0.15) is 18.1 Å². The van der Waals surface area contributed by atoms with Gasteiger partial charge in [-0.1, -0.05) is 12.1 Å². The molecule has 0 spiro atoms. The van der Waals surface area contributed by atoms with Crippen molar-refractivity contribution in [3.63, 3.8) is 0 Å². The van der Waals surface area contributed by atoms with E-state index < -0.39 is 11.6 Å². The summed E-state index contributed by atoms with van der Waals surface area (Å²) >= 11 is 0. The van der Waals surface area contributed by atoms with Crippen LogP contribution in [0.5, 0.6) is 11.5 Å². The van der Waals surface area contributed by atoms with Crippen LogP contribution in [0.3, 0.4) is 0 Å². The zero-order valence-corrected chi connectivity index (χ0v) is 12.0. The fourth-order valence-corrected chi connectivity index (χ4v) is 1.97. The topological polar surface area (TPSA) is 30.5 Å².